The highest BCUT2D eigenvalue weighted by Gasteiger charge is 2.14. The molecule has 0 aliphatic rings. The van der Waals surface area contributed by atoms with Crippen molar-refractivity contribution in [2.24, 2.45) is 5.92 Å². The number of nitrogens with zero attached hydrogens (tertiary/aromatic N) is 1. The predicted octanol–water partition coefficient (Wildman–Crippen LogP) is 2.88. The van der Waals surface area contributed by atoms with E-state index in [0.717, 1.165) is 29.8 Å². The molecule has 102 valence electrons. The van der Waals surface area contributed by atoms with Crippen molar-refractivity contribution in [3.05, 3.63) is 23.0 Å². The number of hydrogen-bond acceptors (Lipinski definition) is 3. The highest BCUT2D eigenvalue weighted by atomic mass is 16.5. The Hall–Kier alpha value is -1.09. The van der Waals surface area contributed by atoms with Gasteiger partial charge in [-0.25, -0.2) is 0 Å². The molecule has 1 rings (SSSR count). The molecule has 0 radical (unpaired) electrons. The summed E-state index contributed by atoms with van der Waals surface area (Å²) >= 11 is 0. The fourth-order valence-corrected chi connectivity index (χ4v) is 2.41. The van der Waals surface area contributed by atoms with Crippen LogP contribution in [0.15, 0.2) is 6.20 Å². The molecule has 0 amide bonds. The molecule has 2 atom stereocenters. The minimum atomic E-state index is 0.549. The summed E-state index contributed by atoms with van der Waals surface area (Å²) in [6, 6.07) is 0.549. The van der Waals surface area contributed by atoms with Gasteiger partial charge in [0.05, 0.1) is 7.11 Å². The largest absolute Gasteiger partial charge is 0.496 e. The number of aryl methyl sites for hydroxylation is 1. The van der Waals surface area contributed by atoms with Crippen LogP contribution in [0, 0.1) is 19.8 Å². The van der Waals surface area contributed by atoms with Crippen LogP contribution in [0.5, 0.6) is 5.75 Å². The topological polar surface area (TPSA) is 34.2 Å². The fraction of sp³-hybridized carbons (Fsp3) is 0.667. The first-order chi connectivity index (χ1) is 8.49. The quantitative estimate of drug-likeness (QED) is 0.843. The van der Waals surface area contributed by atoms with Crippen LogP contribution in [-0.2, 0) is 6.42 Å². The van der Waals surface area contributed by atoms with Crippen molar-refractivity contribution in [2.75, 3.05) is 14.2 Å². The van der Waals surface area contributed by atoms with Gasteiger partial charge in [0.15, 0.2) is 0 Å². The summed E-state index contributed by atoms with van der Waals surface area (Å²) in [5.41, 5.74) is 3.45. The summed E-state index contributed by atoms with van der Waals surface area (Å²) in [7, 11) is 3.74. The number of pyridine rings is 1. The lowest BCUT2D eigenvalue weighted by atomic mass is 9.95. The van der Waals surface area contributed by atoms with E-state index in [1.165, 1.54) is 5.56 Å². The van der Waals surface area contributed by atoms with Crippen molar-refractivity contribution in [1.82, 2.24) is 10.3 Å². The van der Waals surface area contributed by atoms with E-state index in [4.69, 9.17) is 4.74 Å². The molecule has 0 aliphatic heterocycles. The van der Waals surface area contributed by atoms with Crippen LogP contribution >= 0.6 is 0 Å². The zero-order valence-corrected chi connectivity index (χ0v) is 12.5. The maximum absolute atomic E-state index is 5.45. The fourth-order valence-electron chi connectivity index (χ4n) is 2.41. The lowest BCUT2D eigenvalue weighted by Gasteiger charge is -2.18. The molecule has 18 heavy (non-hydrogen) atoms. The van der Waals surface area contributed by atoms with Gasteiger partial charge in [-0.05, 0) is 46.6 Å². The third-order valence-corrected chi connectivity index (χ3v) is 3.54. The van der Waals surface area contributed by atoms with Gasteiger partial charge in [0.2, 0.25) is 0 Å². The van der Waals surface area contributed by atoms with E-state index in [1.54, 1.807) is 7.11 Å². The molecule has 3 nitrogen and oxygen atoms in total. The number of aromatic nitrogens is 1. The molecule has 0 bridgehead atoms. The molecule has 1 N–H and O–H groups in total. The second-order valence-corrected chi connectivity index (χ2v) is 5.28. The molecule has 1 aromatic heterocycles. The number of nitrogens with one attached hydrogen (secondary N) is 1. The van der Waals surface area contributed by atoms with Crippen LogP contribution in [0.4, 0.5) is 0 Å². The smallest absolute Gasteiger partial charge is 0.128 e. The molecule has 1 heterocycles. The Morgan fingerprint density at radius 3 is 2.56 bits per heavy atom. The second-order valence-electron chi connectivity index (χ2n) is 5.28. The number of ether oxygens (including phenoxy) is 1. The third kappa shape index (κ3) is 3.70. The normalized spacial score (nSPS) is 14.3. The van der Waals surface area contributed by atoms with Crippen molar-refractivity contribution in [1.29, 1.82) is 0 Å². The second kappa shape index (κ2) is 6.74. The zero-order chi connectivity index (χ0) is 13.7. The average molecular weight is 250 g/mol. The molecule has 0 spiro atoms. The van der Waals surface area contributed by atoms with E-state index in [0.29, 0.717) is 12.0 Å². The van der Waals surface area contributed by atoms with Crippen molar-refractivity contribution >= 4 is 0 Å². The number of rotatable bonds is 6. The molecule has 0 fully saturated rings. The van der Waals surface area contributed by atoms with Crippen molar-refractivity contribution in [3.63, 3.8) is 0 Å². The van der Waals surface area contributed by atoms with Gasteiger partial charge in [0.1, 0.15) is 5.75 Å². The molecule has 0 aliphatic carbocycles. The minimum absolute atomic E-state index is 0.549. The maximum atomic E-state index is 5.45. The lowest BCUT2D eigenvalue weighted by molar-refractivity contribution is 0.403. The van der Waals surface area contributed by atoms with Gasteiger partial charge in [-0.1, -0.05) is 6.92 Å². The molecular formula is C15H26N2O. The summed E-state index contributed by atoms with van der Waals surface area (Å²) in [6.07, 6.45) is 4.08. The maximum Gasteiger partial charge on any atom is 0.128 e. The van der Waals surface area contributed by atoms with E-state index in [-0.39, 0.29) is 0 Å². The molecule has 1 aromatic rings. The van der Waals surface area contributed by atoms with Gasteiger partial charge in [0.25, 0.3) is 0 Å². The summed E-state index contributed by atoms with van der Waals surface area (Å²) in [5.74, 6) is 1.60. The van der Waals surface area contributed by atoms with Crippen LogP contribution < -0.4 is 10.1 Å². The van der Waals surface area contributed by atoms with Crippen LogP contribution in [0.25, 0.3) is 0 Å². The highest BCUT2D eigenvalue weighted by Crippen LogP contribution is 2.26. The van der Waals surface area contributed by atoms with Crippen molar-refractivity contribution < 1.29 is 4.74 Å². The molecule has 0 aromatic carbocycles. The van der Waals surface area contributed by atoms with Crippen LogP contribution in [0.2, 0.25) is 0 Å². The Morgan fingerprint density at radius 2 is 2.00 bits per heavy atom. The first kappa shape index (κ1) is 15.0. The highest BCUT2D eigenvalue weighted by molar-refractivity contribution is 5.41. The molecular weight excluding hydrogens is 224 g/mol. The number of hydrogen-bond donors (Lipinski definition) is 1. The average Bonchev–Trinajstić information content (AvgIpc) is 2.33. The summed E-state index contributed by atoms with van der Waals surface area (Å²) in [6.45, 7) is 8.63. The Balaban J connectivity index is 2.79. The van der Waals surface area contributed by atoms with Crippen LogP contribution in [-0.4, -0.2) is 25.2 Å². The van der Waals surface area contributed by atoms with E-state index < -0.39 is 0 Å². The van der Waals surface area contributed by atoms with E-state index >= 15 is 0 Å². The van der Waals surface area contributed by atoms with Gasteiger partial charge >= 0.3 is 0 Å². The van der Waals surface area contributed by atoms with Gasteiger partial charge in [-0.3, -0.25) is 4.98 Å². The first-order valence-corrected chi connectivity index (χ1v) is 6.65. The van der Waals surface area contributed by atoms with Crippen LogP contribution in [0.1, 0.15) is 37.1 Å². The van der Waals surface area contributed by atoms with E-state index in [9.17, 15) is 0 Å². The number of methoxy groups -OCH3 is 1. The van der Waals surface area contributed by atoms with Gasteiger partial charge in [-0.15, -0.1) is 0 Å². The molecule has 0 saturated carbocycles. The van der Waals surface area contributed by atoms with E-state index in [2.05, 4.69) is 31.1 Å². The third-order valence-electron chi connectivity index (χ3n) is 3.54. The Bertz CT molecular complexity index is 390. The Morgan fingerprint density at radius 1 is 1.33 bits per heavy atom. The van der Waals surface area contributed by atoms with Gasteiger partial charge in [0, 0.05) is 29.1 Å². The summed E-state index contributed by atoms with van der Waals surface area (Å²) in [5, 5.41) is 3.28. The van der Waals surface area contributed by atoms with Gasteiger partial charge in [-0.2, -0.15) is 0 Å². The zero-order valence-electron chi connectivity index (χ0n) is 12.5. The first-order valence-electron chi connectivity index (χ1n) is 6.65. The minimum Gasteiger partial charge on any atom is -0.496 e. The van der Waals surface area contributed by atoms with E-state index in [1.807, 2.05) is 20.2 Å². The van der Waals surface area contributed by atoms with Crippen molar-refractivity contribution in [3.8, 4) is 5.75 Å². The lowest BCUT2D eigenvalue weighted by Crippen LogP contribution is -2.24. The van der Waals surface area contributed by atoms with Crippen LogP contribution in [0.3, 0.4) is 0 Å². The van der Waals surface area contributed by atoms with Gasteiger partial charge < -0.3 is 10.1 Å². The monoisotopic (exact) mass is 250 g/mol. The molecule has 3 heteroatoms. The Labute approximate surface area is 111 Å². The SMILES string of the molecule is CNC(C)CC(C)Cc1ncc(C)c(OC)c1C. The molecule has 2 unspecified atom stereocenters. The summed E-state index contributed by atoms with van der Waals surface area (Å²) in [4.78, 5) is 4.56. The predicted molar refractivity (Wildman–Crippen MR) is 76.3 cm³/mol. The standard InChI is InChI=1S/C15H26N2O/c1-10(7-12(3)16-5)8-14-13(4)15(18-6)11(2)9-17-14/h9-10,12,16H,7-8H2,1-6H3. The summed E-state index contributed by atoms with van der Waals surface area (Å²) < 4.78 is 5.45. The Kier molecular flexibility index (Phi) is 5.60. The molecule has 0 saturated heterocycles. The van der Waals surface area contributed by atoms with Crippen molar-refractivity contribution in [2.45, 2.75) is 46.6 Å².